The van der Waals surface area contributed by atoms with Gasteiger partial charge in [-0.25, -0.2) is 4.98 Å². The highest BCUT2D eigenvalue weighted by molar-refractivity contribution is 5.80. The summed E-state index contributed by atoms with van der Waals surface area (Å²) in [5.74, 6) is 0.716. The first kappa shape index (κ1) is 14.5. The van der Waals surface area contributed by atoms with E-state index in [2.05, 4.69) is 34.1 Å². The van der Waals surface area contributed by atoms with Crippen molar-refractivity contribution in [2.75, 3.05) is 19.8 Å². The number of hydrogen-bond acceptors (Lipinski definition) is 3. The van der Waals surface area contributed by atoms with Crippen LogP contribution in [0.1, 0.15) is 31.7 Å². The van der Waals surface area contributed by atoms with Gasteiger partial charge in [0, 0.05) is 44.1 Å². The number of nitrogens with zero attached hydrogens (tertiary/aromatic N) is 2. The van der Waals surface area contributed by atoms with E-state index in [1.165, 1.54) is 17.4 Å². The fourth-order valence-corrected chi connectivity index (χ4v) is 3.08. The summed E-state index contributed by atoms with van der Waals surface area (Å²) in [5.41, 5.74) is 2.48. The molecule has 1 saturated heterocycles. The van der Waals surface area contributed by atoms with Crippen molar-refractivity contribution in [3.8, 4) is 0 Å². The zero-order valence-electron chi connectivity index (χ0n) is 12.8. The molecule has 4 heteroatoms. The van der Waals surface area contributed by atoms with Crippen molar-refractivity contribution >= 4 is 11.0 Å². The highest BCUT2D eigenvalue weighted by Crippen LogP contribution is 2.23. The topological polar surface area (TPSA) is 39.1 Å². The molecule has 0 saturated carbocycles. The Morgan fingerprint density at radius 3 is 3.05 bits per heavy atom. The van der Waals surface area contributed by atoms with Crippen LogP contribution in [0.4, 0.5) is 0 Å². The van der Waals surface area contributed by atoms with Crippen LogP contribution in [0, 0.1) is 5.92 Å². The minimum atomic E-state index is 0.716. The van der Waals surface area contributed by atoms with Crippen LogP contribution < -0.4 is 5.32 Å². The van der Waals surface area contributed by atoms with E-state index in [0.29, 0.717) is 5.92 Å². The third-order valence-corrected chi connectivity index (χ3v) is 4.25. The summed E-state index contributed by atoms with van der Waals surface area (Å²) in [6, 6.07) is 4.22. The summed E-state index contributed by atoms with van der Waals surface area (Å²) in [6.45, 7) is 7.06. The summed E-state index contributed by atoms with van der Waals surface area (Å²) in [5, 5.41) is 4.78. The Bertz CT molecular complexity index is 572. The number of nitrogens with one attached hydrogen (secondary N) is 1. The predicted octanol–water partition coefficient (Wildman–Crippen LogP) is 2.96. The molecule has 0 atom stereocenters. The van der Waals surface area contributed by atoms with Gasteiger partial charge in [0.15, 0.2) is 0 Å². The smallest absolute Gasteiger partial charge is 0.140 e. The molecule has 0 spiro atoms. The Morgan fingerprint density at radius 2 is 2.24 bits per heavy atom. The lowest BCUT2D eigenvalue weighted by Gasteiger charge is -2.22. The fraction of sp³-hybridized carbons (Fsp3) is 0.588. The summed E-state index contributed by atoms with van der Waals surface area (Å²) < 4.78 is 7.80. The number of aromatic nitrogens is 2. The molecular weight excluding hydrogens is 262 g/mol. The van der Waals surface area contributed by atoms with Gasteiger partial charge in [-0.3, -0.25) is 0 Å². The number of ether oxygens (including phenoxy) is 1. The second kappa shape index (κ2) is 7.05. The Balaban J connectivity index is 1.80. The third kappa shape index (κ3) is 3.44. The van der Waals surface area contributed by atoms with E-state index in [4.69, 9.17) is 4.74 Å². The van der Waals surface area contributed by atoms with Crippen LogP contribution in [0.15, 0.2) is 24.5 Å². The van der Waals surface area contributed by atoms with E-state index in [-0.39, 0.29) is 0 Å². The van der Waals surface area contributed by atoms with Gasteiger partial charge in [-0.05, 0) is 49.4 Å². The van der Waals surface area contributed by atoms with Crippen molar-refractivity contribution in [3.05, 3.63) is 30.1 Å². The molecule has 4 nitrogen and oxygen atoms in total. The van der Waals surface area contributed by atoms with Crippen molar-refractivity contribution in [2.24, 2.45) is 5.92 Å². The fourth-order valence-electron chi connectivity index (χ4n) is 3.08. The van der Waals surface area contributed by atoms with Gasteiger partial charge >= 0.3 is 0 Å². The van der Waals surface area contributed by atoms with Crippen LogP contribution in [0.2, 0.25) is 0 Å². The van der Waals surface area contributed by atoms with Gasteiger partial charge in [0.1, 0.15) is 5.65 Å². The van der Waals surface area contributed by atoms with Gasteiger partial charge in [-0.2, -0.15) is 0 Å². The largest absolute Gasteiger partial charge is 0.381 e. The van der Waals surface area contributed by atoms with Crippen LogP contribution in [-0.4, -0.2) is 29.3 Å². The molecule has 114 valence electrons. The standard InChI is InChI=1S/C17H25N3O/c1-2-7-18-11-15-13-20(12-14-5-9-21-10-6-14)17-16(15)4-3-8-19-17/h3-4,8,13-14,18H,2,5-7,9-12H2,1H3. The second-order valence-corrected chi connectivity index (χ2v) is 5.91. The van der Waals surface area contributed by atoms with Crippen LogP contribution in [-0.2, 0) is 17.8 Å². The Kier molecular flexibility index (Phi) is 4.88. The van der Waals surface area contributed by atoms with E-state index >= 15 is 0 Å². The molecular formula is C17H25N3O. The highest BCUT2D eigenvalue weighted by atomic mass is 16.5. The summed E-state index contributed by atoms with van der Waals surface area (Å²) in [6.07, 6.45) is 7.67. The number of fused-ring (bicyclic) bond motifs is 1. The molecule has 1 aliphatic heterocycles. The van der Waals surface area contributed by atoms with Crippen LogP contribution >= 0.6 is 0 Å². The predicted molar refractivity (Wildman–Crippen MR) is 85.3 cm³/mol. The van der Waals surface area contributed by atoms with Gasteiger partial charge in [0.2, 0.25) is 0 Å². The van der Waals surface area contributed by atoms with Gasteiger partial charge < -0.3 is 14.6 Å². The maximum atomic E-state index is 5.46. The van der Waals surface area contributed by atoms with Gasteiger partial charge in [0.25, 0.3) is 0 Å². The average Bonchev–Trinajstić information content (AvgIpc) is 2.87. The van der Waals surface area contributed by atoms with Crippen molar-refractivity contribution in [2.45, 2.75) is 39.3 Å². The van der Waals surface area contributed by atoms with Crippen molar-refractivity contribution in [1.29, 1.82) is 0 Å². The van der Waals surface area contributed by atoms with Crippen LogP contribution in [0.25, 0.3) is 11.0 Å². The lowest BCUT2D eigenvalue weighted by atomic mass is 10.0. The molecule has 2 aromatic rings. The molecule has 21 heavy (non-hydrogen) atoms. The summed E-state index contributed by atoms with van der Waals surface area (Å²) in [7, 11) is 0. The molecule has 0 aromatic carbocycles. The van der Waals surface area contributed by atoms with E-state index in [1.807, 2.05) is 12.3 Å². The SMILES string of the molecule is CCCNCc1cn(CC2CCOCC2)c2ncccc12. The second-order valence-electron chi connectivity index (χ2n) is 5.91. The highest BCUT2D eigenvalue weighted by Gasteiger charge is 2.17. The van der Waals surface area contributed by atoms with Crippen molar-refractivity contribution < 1.29 is 4.74 Å². The van der Waals surface area contributed by atoms with Gasteiger partial charge in [0.05, 0.1) is 0 Å². The summed E-state index contributed by atoms with van der Waals surface area (Å²) in [4.78, 5) is 4.60. The van der Waals surface area contributed by atoms with Crippen LogP contribution in [0.5, 0.6) is 0 Å². The van der Waals surface area contributed by atoms with Crippen LogP contribution in [0.3, 0.4) is 0 Å². The number of hydrogen-bond donors (Lipinski definition) is 1. The molecule has 0 bridgehead atoms. The maximum Gasteiger partial charge on any atom is 0.140 e. The molecule has 1 N–H and O–H groups in total. The van der Waals surface area contributed by atoms with E-state index < -0.39 is 0 Å². The molecule has 1 aliphatic rings. The molecule has 0 aliphatic carbocycles. The minimum absolute atomic E-state index is 0.716. The Hall–Kier alpha value is -1.39. The lowest BCUT2D eigenvalue weighted by Crippen LogP contribution is -2.20. The van der Waals surface area contributed by atoms with Gasteiger partial charge in [-0.15, -0.1) is 0 Å². The van der Waals surface area contributed by atoms with E-state index in [9.17, 15) is 0 Å². The average molecular weight is 287 g/mol. The van der Waals surface area contributed by atoms with Crippen molar-refractivity contribution in [1.82, 2.24) is 14.9 Å². The van der Waals surface area contributed by atoms with E-state index in [1.54, 1.807) is 0 Å². The summed E-state index contributed by atoms with van der Waals surface area (Å²) >= 11 is 0. The zero-order chi connectivity index (χ0) is 14.5. The normalized spacial score (nSPS) is 16.6. The molecule has 1 fully saturated rings. The number of rotatable bonds is 6. The molecule has 3 heterocycles. The molecule has 0 radical (unpaired) electrons. The molecule has 2 aromatic heterocycles. The first-order valence-corrected chi connectivity index (χ1v) is 8.09. The van der Waals surface area contributed by atoms with Gasteiger partial charge in [-0.1, -0.05) is 6.92 Å². The quantitative estimate of drug-likeness (QED) is 0.830. The molecule has 0 amide bonds. The zero-order valence-corrected chi connectivity index (χ0v) is 12.8. The molecule has 0 unspecified atom stereocenters. The first-order chi connectivity index (χ1) is 10.4. The first-order valence-electron chi connectivity index (χ1n) is 8.09. The molecule has 3 rings (SSSR count). The number of pyridine rings is 1. The lowest BCUT2D eigenvalue weighted by molar-refractivity contribution is 0.0616. The monoisotopic (exact) mass is 287 g/mol. The third-order valence-electron chi connectivity index (χ3n) is 4.25. The minimum Gasteiger partial charge on any atom is -0.381 e. The Morgan fingerprint density at radius 1 is 1.38 bits per heavy atom. The Labute approximate surface area is 126 Å². The van der Waals surface area contributed by atoms with E-state index in [0.717, 1.165) is 51.3 Å². The van der Waals surface area contributed by atoms with Crippen molar-refractivity contribution in [3.63, 3.8) is 0 Å². The maximum absolute atomic E-state index is 5.46.